The molecule has 0 aliphatic carbocycles. The Balaban J connectivity index is 2.17. The lowest BCUT2D eigenvalue weighted by atomic mass is 9.82. The van der Waals surface area contributed by atoms with Crippen molar-refractivity contribution in [3.8, 4) is 0 Å². The topological polar surface area (TPSA) is 9.23 Å². The predicted molar refractivity (Wildman–Crippen MR) is 56.8 cm³/mol. The van der Waals surface area contributed by atoms with Crippen molar-refractivity contribution in [3.63, 3.8) is 0 Å². The fourth-order valence-electron chi connectivity index (χ4n) is 2.14. The molecule has 1 aliphatic heterocycles. The fourth-order valence-corrected chi connectivity index (χ4v) is 2.14. The fraction of sp³-hybridized carbons (Fsp3) is 1.00. The molecule has 1 nitrogen and oxygen atoms in total. The highest BCUT2D eigenvalue weighted by Crippen LogP contribution is 2.34. The molecule has 1 rings (SSSR count). The first-order chi connectivity index (χ1) is 6.16. The molecule has 0 saturated carbocycles. The Bertz CT molecular complexity index is 136. The van der Waals surface area contributed by atoms with Gasteiger partial charge in [0.25, 0.3) is 0 Å². The van der Waals surface area contributed by atoms with Gasteiger partial charge in [0.15, 0.2) is 0 Å². The normalized spacial score (nSPS) is 30.7. The Morgan fingerprint density at radius 1 is 1.38 bits per heavy atom. The monoisotopic (exact) mass is 184 g/mol. The highest BCUT2D eigenvalue weighted by Gasteiger charge is 2.29. The van der Waals surface area contributed by atoms with Crippen molar-refractivity contribution in [1.82, 2.24) is 0 Å². The second-order valence-electron chi connectivity index (χ2n) is 5.05. The second-order valence-corrected chi connectivity index (χ2v) is 5.05. The molecule has 2 unspecified atom stereocenters. The van der Waals surface area contributed by atoms with Crippen LogP contribution >= 0.6 is 0 Å². The lowest BCUT2D eigenvalue weighted by Gasteiger charge is -2.23. The first-order valence-corrected chi connectivity index (χ1v) is 5.74. The number of hydrogen-bond donors (Lipinski definition) is 0. The van der Waals surface area contributed by atoms with Gasteiger partial charge in [-0.25, -0.2) is 0 Å². The van der Waals surface area contributed by atoms with Crippen LogP contribution in [0.5, 0.6) is 0 Å². The maximum Gasteiger partial charge on any atom is 0.0520 e. The van der Waals surface area contributed by atoms with Gasteiger partial charge < -0.3 is 4.74 Å². The zero-order valence-corrected chi connectivity index (χ0v) is 9.44. The van der Waals surface area contributed by atoms with Gasteiger partial charge in [-0.2, -0.15) is 0 Å². The van der Waals surface area contributed by atoms with E-state index in [0.717, 1.165) is 19.1 Å². The summed E-state index contributed by atoms with van der Waals surface area (Å²) >= 11 is 0. The Morgan fingerprint density at radius 3 is 2.69 bits per heavy atom. The van der Waals surface area contributed by atoms with Gasteiger partial charge in [-0.3, -0.25) is 0 Å². The van der Waals surface area contributed by atoms with Crippen molar-refractivity contribution >= 4 is 0 Å². The molecule has 0 radical (unpaired) electrons. The molecular formula is C12H24O. The quantitative estimate of drug-likeness (QED) is 0.634. The molecular weight excluding hydrogens is 160 g/mol. The molecule has 0 bridgehead atoms. The van der Waals surface area contributed by atoms with Gasteiger partial charge in [-0.05, 0) is 24.2 Å². The summed E-state index contributed by atoms with van der Waals surface area (Å²) in [6.45, 7) is 9.00. The SMILES string of the molecule is CCCC(C)CCC1(C)CCOC1. The molecule has 0 spiro atoms. The third kappa shape index (κ3) is 3.68. The maximum atomic E-state index is 5.45. The largest absolute Gasteiger partial charge is 0.381 e. The summed E-state index contributed by atoms with van der Waals surface area (Å²) in [6.07, 6.45) is 6.72. The smallest absolute Gasteiger partial charge is 0.0520 e. The molecule has 2 atom stereocenters. The Hall–Kier alpha value is -0.0400. The van der Waals surface area contributed by atoms with E-state index in [-0.39, 0.29) is 0 Å². The highest BCUT2D eigenvalue weighted by atomic mass is 16.5. The molecule has 0 aromatic rings. The summed E-state index contributed by atoms with van der Waals surface area (Å²) in [4.78, 5) is 0. The van der Waals surface area contributed by atoms with Crippen LogP contribution in [0.1, 0.15) is 52.9 Å². The van der Waals surface area contributed by atoms with Gasteiger partial charge >= 0.3 is 0 Å². The van der Waals surface area contributed by atoms with Gasteiger partial charge in [0.1, 0.15) is 0 Å². The van der Waals surface area contributed by atoms with E-state index in [2.05, 4.69) is 20.8 Å². The molecule has 1 aliphatic rings. The van der Waals surface area contributed by atoms with E-state index in [1.807, 2.05) is 0 Å². The molecule has 13 heavy (non-hydrogen) atoms. The van der Waals surface area contributed by atoms with Crippen LogP contribution in [0.4, 0.5) is 0 Å². The van der Waals surface area contributed by atoms with Crippen molar-refractivity contribution in [2.45, 2.75) is 52.9 Å². The average Bonchev–Trinajstić information content (AvgIpc) is 2.51. The molecule has 0 aromatic heterocycles. The Morgan fingerprint density at radius 2 is 2.15 bits per heavy atom. The van der Waals surface area contributed by atoms with Crippen molar-refractivity contribution in [3.05, 3.63) is 0 Å². The van der Waals surface area contributed by atoms with Crippen LogP contribution in [-0.4, -0.2) is 13.2 Å². The van der Waals surface area contributed by atoms with Crippen LogP contribution in [0.3, 0.4) is 0 Å². The van der Waals surface area contributed by atoms with Crippen molar-refractivity contribution in [2.75, 3.05) is 13.2 Å². The van der Waals surface area contributed by atoms with Gasteiger partial charge in [0.2, 0.25) is 0 Å². The van der Waals surface area contributed by atoms with E-state index >= 15 is 0 Å². The van der Waals surface area contributed by atoms with E-state index < -0.39 is 0 Å². The molecule has 1 heterocycles. The average molecular weight is 184 g/mol. The summed E-state index contributed by atoms with van der Waals surface area (Å²) < 4.78 is 5.45. The van der Waals surface area contributed by atoms with E-state index in [1.165, 1.54) is 32.1 Å². The molecule has 0 amide bonds. The first kappa shape index (κ1) is 11.0. The maximum absolute atomic E-state index is 5.45. The van der Waals surface area contributed by atoms with Gasteiger partial charge in [0, 0.05) is 6.61 Å². The van der Waals surface area contributed by atoms with Crippen molar-refractivity contribution in [1.29, 1.82) is 0 Å². The minimum Gasteiger partial charge on any atom is -0.381 e. The van der Waals surface area contributed by atoms with Crippen molar-refractivity contribution in [2.24, 2.45) is 11.3 Å². The Kier molecular flexibility index (Phi) is 4.24. The molecule has 1 saturated heterocycles. The summed E-state index contributed by atoms with van der Waals surface area (Å²) in [7, 11) is 0. The number of rotatable bonds is 5. The summed E-state index contributed by atoms with van der Waals surface area (Å²) in [5, 5.41) is 0. The predicted octanol–water partition coefficient (Wildman–Crippen LogP) is 3.63. The van der Waals surface area contributed by atoms with E-state index in [1.54, 1.807) is 0 Å². The van der Waals surface area contributed by atoms with Gasteiger partial charge in [-0.1, -0.05) is 40.0 Å². The summed E-state index contributed by atoms with van der Waals surface area (Å²) in [6, 6.07) is 0. The highest BCUT2D eigenvalue weighted by molar-refractivity contribution is 4.78. The zero-order chi connectivity index (χ0) is 9.73. The molecule has 1 heteroatoms. The van der Waals surface area contributed by atoms with E-state index in [4.69, 9.17) is 4.74 Å². The zero-order valence-electron chi connectivity index (χ0n) is 9.44. The van der Waals surface area contributed by atoms with Crippen LogP contribution < -0.4 is 0 Å². The van der Waals surface area contributed by atoms with E-state index in [0.29, 0.717) is 5.41 Å². The lowest BCUT2D eigenvalue weighted by molar-refractivity contribution is 0.150. The van der Waals surface area contributed by atoms with Crippen LogP contribution in [-0.2, 0) is 4.74 Å². The van der Waals surface area contributed by atoms with Crippen LogP contribution in [0, 0.1) is 11.3 Å². The molecule has 1 fully saturated rings. The molecule has 0 aromatic carbocycles. The summed E-state index contributed by atoms with van der Waals surface area (Å²) in [5.41, 5.74) is 0.502. The molecule has 0 N–H and O–H groups in total. The lowest BCUT2D eigenvalue weighted by Crippen LogP contribution is -2.17. The number of ether oxygens (including phenoxy) is 1. The molecule has 78 valence electrons. The standard InChI is InChI=1S/C12H24O/c1-4-5-11(2)6-7-12(3)8-9-13-10-12/h11H,4-10H2,1-3H3. The van der Waals surface area contributed by atoms with Crippen LogP contribution in [0.2, 0.25) is 0 Å². The van der Waals surface area contributed by atoms with Crippen molar-refractivity contribution < 1.29 is 4.74 Å². The second kappa shape index (κ2) is 4.99. The van der Waals surface area contributed by atoms with Gasteiger partial charge in [-0.15, -0.1) is 0 Å². The third-order valence-electron chi connectivity index (χ3n) is 3.32. The first-order valence-electron chi connectivity index (χ1n) is 5.74. The van der Waals surface area contributed by atoms with Gasteiger partial charge in [0.05, 0.1) is 6.61 Å². The van der Waals surface area contributed by atoms with E-state index in [9.17, 15) is 0 Å². The minimum atomic E-state index is 0.502. The Labute approximate surface area is 82.9 Å². The summed E-state index contributed by atoms with van der Waals surface area (Å²) in [5.74, 6) is 0.905. The number of hydrogen-bond acceptors (Lipinski definition) is 1. The van der Waals surface area contributed by atoms with Crippen LogP contribution in [0.15, 0.2) is 0 Å². The minimum absolute atomic E-state index is 0.502. The third-order valence-corrected chi connectivity index (χ3v) is 3.32. The van der Waals surface area contributed by atoms with Crippen LogP contribution in [0.25, 0.3) is 0 Å².